The van der Waals surface area contributed by atoms with Crippen LogP contribution in [0.1, 0.15) is 11.1 Å². The maximum Gasteiger partial charge on any atom is 0.265 e. The van der Waals surface area contributed by atoms with Crippen molar-refractivity contribution in [2.24, 2.45) is 0 Å². The topological polar surface area (TPSA) is 75.7 Å². The number of benzene rings is 2. The highest BCUT2D eigenvalue weighted by atomic mass is 35.5. The smallest absolute Gasteiger partial charge is 0.265 e. The van der Waals surface area contributed by atoms with Crippen LogP contribution in [-0.4, -0.2) is 38.8 Å². The fourth-order valence-corrected chi connectivity index (χ4v) is 4.08. The average Bonchev–Trinajstić information content (AvgIpc) is 2.99. The molecule has 1 N–H and O–H groups in total. The van der Waals surface area contributed by atoms with E-state index in [1.165, 1.54) is 20.2 Å². The van der Waals surface area contributed by atoms with Crippen molar-refractivity contribution in [1.29, 1.82) is 0 Å². The van der Waals surface area contributed by atoms with Gasteiger partial charge in [0.25, 0.3) is 5.91 Å². The summed E-state index contributed by atoms with van der Waals surface area (Å²) in [4.78, 5) is 12.7. The Balaban J connectivity index is 1.79. The number of hydrogen-bond donors (Lipinski definition) is 1. The molecule has 8 heteroatoms. The molecule has 138 valence electrons. The summed E-state index contributed by atoms with van der Waals surface area (Å²) in [5, 5.41) is 3.32. The van der Waals surface area contributed by atoms with Crippen LogP contribution in [0.15, 0.2) is 41.3 Å². The van der Waals surface area contributed by atoms with Crippen molar-refractivity contribution in [3.63, 3.8) is 0 Å². The van der Waals surface area contributed by atoms with E-state index < -0.39 is 16.1 Å². The Morgan fingerprint density at radius 2 is 1.96 bits per heavy atom. The third-order valence-corrected chi connectivity index (χ3v) is 6.40. The number of hydrogen-bond acceptors (Lipinski definition) is 4. The van der Waals surface area contributed by atoms with Gasteiger partial charge in [-0.15, -0.1) is 0 Å². The fourth-order valence-electron chi connectivity index (χ4n) is 2.74. The van der Waals surface area contributed by atoms with Gasteiger partial charge in [-0.25, -0.2) is 12.7 Å². The van der Waals surface area contributed by atoms with Gasteiger partial charge in [0.15, 0.2) is 6.10 Å². The number of carbonyl (C=O) groups excluding carboxylic acids is 1. The first-order chi connectivity index (χ1) is 12.2. The van der Waals surface area contributed by atoms with Crippen LogP contribution in [0.4, 0.5) is 5.69 Å². The highest BCUT2D eigenvalue weighted by Gasteiger charge is 2.29. The molecule has 1 aliphatic heterocycles. The Morgan fingerprint density at radius 1 is 1.23 bits per heavy atom. The minimum absolute atomic E-state index is 0.155. The van der Waals surface area contributed by atoms with Gasteiger partial charge in [0.05, 0.1) is 4.90 Å². The second-order valence-corrected chi connectivity index (χ2v) is 8.88. The fraction of sp³-hybridized carbons (Fsp3) is 0.278. The van der Waals surface area contributed by atoms with Crippen molar-refractivity contribution in [3.8, 4) is 5.75 Å². The normalized spacial score (nSPS) is 16.3. The Kier molecular flexibility index (Phi) is 4.96. The molecule has 0 saturated heterocycles. The van der Waals surface area contributed by atoms with Gasteiger partial charge >= 0.3 is 0 Å². The minimum Gasteiger partial charge on any atom is -0.480 e. The maximum atomic E-state index is 12.5. The first-order valence-electron chi connectivity index (χ1n) is 7.97. The molecule has 0 radical (unpaired) electrons. The molecule has 1 atom stereocenters. The summed E-state index contributed by atoms with van der Waals surface area (Å²) < 4.78 is 31.6. The first kappa shape index (κ1) is 18.7. The molecule has 2 aromatic rings. The van der Waals surface area contributed by atoms with Crippen molar-refractivity contribution >= 4 is 33.2 Å². The Morgan fingerprint density at radius 3 is 2.65 bits per heavy atom. The van der Waals surface area contributed by atoms with Gasteiger partial charge < -0.3 is 10.1 Å². The summed E-state index contributed by atoms with van der Waals surface area (Å²) in [5.74, 6) is 0.295. The minimum atomic E-state index is -3.60. The number of anilines is 1. The molecule has 0 unspecified atom stereocenters. The number of fused-ring (bicyclic) bond motifs is 1. The van der Waals surface area contributed by atoms with E-state index in [0.29, 0.717) is 28.4 Å². The van der Waals surface area contributed by atoms with Gasteiger partial charge in [-0.05, 0) is 48.4 Å². The molecule has 2 aromatic carbocycles. The number of rotatable bonds is 4. The monoisotopic (exact) mass is 394 g/mol. The lowest BCUT2D eigenvalue weighted by molar-refractivity contribution is -0.122. The van der Waals surface area contributed by atoms with Crippen molar-refractivity contribution < 1.29 is 17.9 Å². The van der Waals surface area contributed by atoms with E-state index in [1.54, 1.807) is 37.3 Å². The largest absolute Gasteiger partial charge is 0.480 e. The quantitative estimate of drug-likeness (QED) is 0.865. The van der Waals surface area contributed by atoms with E-state index in [2.05, 4.69) is 5.32 Å². The van der Waals surface area contributed by atoms with Crippen LogP contribution in [0.2, 0.25) is 5.02 Å². The summed E-state index contributed by atoms with van der Waals surface area (Å²) in [6, 6.07) is 10.0. The van der Waals surface area contributed by atoms with E-state index in [1.807, 2.05) is 0 Å². The zero-order chi connectivity index (χ0) is 19.1. The Labute approximate surface area is 157 Å². The molecular formula is C18H19ClN2O4S. The second-order valence-electron chi connectivity index (χ2n) is 6.32. The number of nitrogens with one attached hydrogen (secondary N) is 1. The number of sulfonamides is 1. The van der Waals surface area contributed by atoms with E-state index in [4.69, 9.17) is 16.3 Å². The number of ether oxygens (including phenoxy) is 1. The van der Waals surface area contributed by atoms with Gasteiger partial charge in [-0.3, -0.25) is 4.79 Å². The van der Waals surface area contributed by atoms with Crippen LogP contribution in [0.25, 0.3) is 0 Å². The summed E-state index contributed by atoms with van der Waals surface area (Å²) >= 11 is 5.96. The number of amides is 1. The Bertz CT molecular complexity index is 973. The van der Waals surface area contributed by atoms with Crippen molar-refractivity contribution in [2.45, 2.75) is 24.3 Å². The lowest BCUT2D eigenvalue weighted by Crippen LogP contribution is -2.31. The third-order valence-electron chi connectivity index (χ3n) is 4.20. The van der Waals surface area contributed by atoms with E-state index >= 15 is 0 Å². The number of aryl methyl sites for hydroxylation is 1. The van der Waals surface area contributed by atoms with Crippen molar-refractivity contribution in [2.75, 3.05) is 19.4 Å². The van der Waals surface area contributed by atoms with Gasteiger partial charge in [0, 0.05) is 31.2 Å². The SMILES string of the molecule is Cc1ccc(NC(=O)[C@@H]2Cc3cc(Cl)ccc3O2)cc1S(=O)(=O)N(C)C. The number of halogens is 1. The summed E-state index contributed by atoms with van der Waals surface area (Å²) in [7, 11) is -0.663. The molecule has 6 nitrogen and oxygen atoms in total. The van der Waals surface area contributed by atoms with Crippen LogP contribution in [0.5, 0.6) is 5.75 Å². The standard InChI is InChI=1S/C18H19ClN2O4S/c1-11-4-6-14(10-17(11)26(23,24)21(2)3)20-18(22)16-9-12-8-13(19)5-7-15(12)25-16/h4-8,10,16H,9H2,1-3H3,(H,20,22)/t16-/m0/s1. The molecule has 1 heterocycles. The van der Waals surface area contributed by atoms with Crippen molar-refractivity contribution in [3.05, 3.63) is 52.5 Å². The highest BCUT2D eigenvalue weighted by Crippen LogP contribution is 2.31. The summed E-state index contributed by atoms with van der Waals surface area (Å²) in [6.07, 6.45) is -0.269. The zero-order valence-electron chi connectivity index (χ0n) is 14.6. The maximum absolute atomic E-state index is 12.5. The Hall–Kier alpha value is -2.09. The molecule has 0 spiro atoms. The van der Waals surface area contributed by atoms with Gasteiger partial charge in [0.1, 0.15) is 5.75 Å². The molecule has 0 aromatic heterocycles. The van der Waals surface area contributed by atoms with Crippen LogP contribution >= 0.6 is 11.6 Å². The van der Waals surface area contributed by atoms with Crippen LogP contribution in [0.3, 0.4) is 0 Å². The third kappa shape index (κ3) is 3.56. The van der Waals surface area contributed by atoms with E-state index in [0.717, 1.165) is 9.87 Å². The van der Waals surface area contributed by atoms with Gasteiger partial charge in [-0.2, -0.15) is 0 Å². The van der Waals surface area contributed by atoms with Crippen LogP contribution < -0.4 is 10.1 Å². The molecular weight excluding hydrogens is 376 g/mol. The zero-order valence-corrected chi connectivity index (χ0v) is 16.2. The molecule has 0 bridgehead atoms. The van der Waals surface area contributed by atoms with E-state index in [-0.39, 0.29) is 10.8 Å². The first-order valence-corrected chi connectivity index (χ1v) is 9.79. The molecule has 26 heavy (non-hydrogen) atoms. The lowest BCUT2D eigenvalue weighted by Gasteiger charge is -2.16. The molecule has 0 saturated carbocycles. The molecule has 3 rings (SSSR count). The highest BCUT2D eigenvalue weighted by molar-refractivity contribution is 7.89. The number of nitrogens with zero attached hydrogens (tertiary/aromatic N) is 1. The van der Waals surface area contributed by atoms with Crippen LogP contribution in [-0.2, 0) is 21.2 Å². The predicted molar refractivity (Wildman–Crippen MR) is 100 cm³/mol. The van der Waals surface area contributed by atoms with Crippen LogP contribution in [0, 0.1) is 6.92 Å². The molecule has 0 fully saturated rings. The summed E-state index contributed by atoms with van der Waals surface area (Å²) in [6.45, 7) is 1.71. The van der Waals surface area contributed by atoms with Crippen molar-refractivity contribution in [1.82, 2.24) is 4.31 Å². The number of carbonyl (C=O) groups is 1. The molecule has 1 amide bonds. The average molecular weight is 395 g/mol. The van der Waals surface area contributed by atoms with E-state index in [9.17, 15) is 13.2 Å². The summed E-state index contributed by atoms with van der Waals surface area (Å²) in [5.41, 5.74) is 1.88. The molecule has 0 aliphatic carbocycles. The lowest BCUT2D eigenvalue weighted by atomic mass is 10.1. The van der Waals surface area contributed by atoms with Gasteiger partial charge in [0.2, 0.25) is 10.0 Å². The second kappa shape index (κ2) is 6.90. The van der Waals surface area contributed by atoms with Gasteiger partial charge in [-0.1, -0.05) is 17.7 Å². The predicted octanol–water partition coefficient (Wildman–Crippen LogP) is 2.84. The molecule has 1 aliphatic rings.